The first-order valence-corrected chi connectivity index (χ1v) is 10.8. The average Bonchev–Trinajstić information content (AvgIpc) is 3.45. The van der Waals surface area contributed by atoms with Crippen molar-refractivity contribution in [2.24, 2.45) is 0 Å². The van der Waals surface area contributed by atoms with Crippen LogP contribution in [0.3, 0.4) is 0 Å². The Balaban J connectivity index is 1.67. The molecular formula is C24H27F2N5O. The molecule has 1 aliphatic heterocycles. The van der Waals surface area contributed by atoms with E-state index in [1.54, 1.807) is 17.8 Å². The number of aromatic nitrogens is 3. The van der Waals surface area contributed by atoms with Crippen LogP contribution in [0.5, 0.6) is 0 Å². The zero-order chi connectivity index (χ0) is 22.9. The summed E-state index contributed by atoms with van der Waals surface area (Å²) in [6, 6.07) is 8.72. The number of rotatable bonds is 6. The maximum atomic E-state index is 14.1. The van der Waals surface area contributed by atoms with Crippen LogP contribution in [0.25, 0.3) is 5.82 Å². The van der Waals surface area contributed by atoms with E-state index in [1.165, 1.54) is 18.3 Å². The van der Waals surface area contributed by atoms with E-state index in [0.29, 0.717) is 22.6 Å². The minimum absolute atomic E-state index is 0.327. The lowest BCUT2D eigenvalue weighted by Crippen LogP contribution is -2.52. The third-order valence-electron chi connectivity index (χ3n) is 6.30. The van der Waals surface area contributed by atoms with Gasteiger partial charge in [0.15, 0.2) is 17.5 Å². The number of carbonyl (C=O) groups excluding carboxylic acids is 1. The Morgan fingerprint density at radius 3 is 2.53 bits per heavy atom. The predicted molar refractivity (Wildman–Crippen MR) is 118 cm³/mol. The first-order valence-electron chi connectivity index (χ1n) is 10.8. The Labute approximate surface area is 186 Å². The number of pyridine rings is 1. The summed E-state index contributed by atoms with van der Waals surface area (Å²) in [4.78, 5) is 19.9. The van der Waals surface area contributed by atoms with Gasteiger partial charge in [-0.15, -0.1) is 0 Å². The number of nitrogens with zero attached hydrogens (tertiary/aromatic N) is 4. The van der Waals surface area contributed by atoms with Crippen molar-refractivity contribution in [1.29, 1.82) is 0 Å². The Bertz CT molecular complexity index is 1110. The summed E-state index contributed by atoms with van der Waals surface area (Å²) in [5.41, 5.74) is 1.05. The van der Waals surface area contributed by atoms with Gasteiger partial charge >= 0.3 is 0 Å². The van der Waals surface area contributed by atoms with E-state index in [1.807, 2.05) is 32.0 Å². The molecule has 1 aliphatic rings. The van der Waals surface area contributed by atoms with Crippen molar-refractivity contribution >= 4 is 5.91 Å². The summed E-state index contributed by atoms with van der Waals surface area (Å²) in [5, 5.41) is 7.40. The van der Waals surface area contributed by atoms with Gasteiger partial charge in [0.2, 0.25) is 0 Å². The van der Waals surface area contributed by atoms with Crippen LogP contribution < -0.4 is 5.32 Å². The van der Waals surface area contributed by atoms with E-state index < -0.39 is 23.2 Å². The first-order chi connectivity index (χ1) is 15.3. The molecule has 1 fully saturated rings. The van der Waals surface area contributed by atoms with Crippen LogP contribution in [0.2, 0.25) is 0 Å². The lowest BCUT2D eigenvalue weighted by atomic mass is 9.86. The molecule has 3 heterocycles. The quantitative estimate of drug-likeness (QED) is 0.625. The summed E-state index contributed by atoms with van der Waals surface area (Å²) in [6.45, 7) is 7.62. The molecule has 3 aromatic rings. The fourth-order valence-electron chi connectivity index (χ4n) is 4.39. The van der Waals surface area contributed by atoms with Crippen LogP contribution in [0, 0.1) is 18.6 Å². The maximum Gasteiger partial charge on any atom is 0.255 e. The topological polar surface area (TPSA) is 63.1 Å². The van der Waals surface area contributed by atoms with Crippen molar-refractivity contribution in [3.8, 4) is 5.82 Å². The van der Waals surface area contributed by atoms with E-state index in [0.717, 1.165) is 32.0 Å². The van der Waals surface area contributed by atoms with Crippen molar-refractivity contribution in [2.75, 3.05) is 13.1 Å². The third-order valence-corrected chi connectivity index (χ3v) is 6.30. The molecule has 1 aromatic carbocycles. The molecule has 1 saturated heterocycles. The Kier molecular flexibility index (Phi) is 6.06. The van der Waals surface area contributed by atoms with Crippen molar-refractivity contribution in [1.82, 2.24) is 25.0 Å². The molecule has 0 bridgehead atoms. The highest BCUT2D eigenvalue weighted by Gasteiger charge is 2.39. The van der Waals surface area contributed by atoms with E-state index in [2.05, 4.69) is 20.3 Å². The standard InChI is InChI=1S/C24H27F2N5O/c1-16-18(15-28-31(16)21-8-4-5-11-27-21)23(32)29-22(17-9-10-19(25)20(26)14-17)24(2,3)30-12-6-7-13-30/h4-5,8-11,14-15,22H,6-7,12-13H2,1-3H3,(H,29,32). The zero-order valence-electron chi connectivity index (χ0n) is 18.5. The van der Waals surface area contributed by atoms with E-state index in [4.69, 9.17) is 0 Å². The number of carbonyl (C=O) groups is 1. The third kappa shape index (κ3) is 4.14. The number of hydrogen-bond donors (Lipinski definition) is 1. The SMILES string of the molecule is Cc1c(C(=O)NC(c2ccc(F)c(F)c2)C(C)(C)N2CCCC2)cnn1-c1ccccn1. The van der Waals surface area contributed by atoms with Crippen molar-refractivity contribution in [3.63, 3.8) is 0 Å². The molecule has 168 valence electrons. The van der Waals surface area contributed by atoms with Gasteiger partial charge in [-0.2, -0.15) is 5.10 Å². The zero-order valence-corrected chi connectivity index (χ0v) is 18.5. The number of amides is 1. The summed E-state index contributed by atoms with van der Waals surface area (Å²) in [5.74, 6) is -1.56. The minimum Gasteiger partial charge on any atom is -0.343 e. The minimum atomic E-state index is -0.932. The van der Waals surface area contributed by atoms with Crippen molar-refractivity contribution in [2.45, 2.75) is 45.2 Å². The number of halogens is 2. The smallest absolute Gasteiger partial charge is 0.255 e. The average molecular weight is 440 g/mol. The number of benzene rings is 1. The van der Waals surface area contributed by atoms with E-state index in [9.17, 15) is 13.6 Å². The van der Waals surface area contributed by atoms with Gasteiger partial charge in [-0.3, -0.25) is 9.69 Å². The van der Waals surface area contributed by atoms with Crippen LogP contribution in [-0.4, -0.2) is 44.2 Å². The molecule has 1 amide bonds. The first kappa shape index (κ1) is 22.1. The van der Waals surface area contributed by atoms with Crippen LogP contribution >= 0.6 is 0 Å². The van der Waals surface area contributed by atoms with Gasteiger partial charge in [0.1, 0.15) is 0 Å². The number of hydrogen-bond acceptors (Lipinski definition) is 4. The van der Waals surface area contributed by atoms with Gasteiger partial charge < -0.3 is 5.32 Å². The van der Waals surface area contributed by atoms with Gasteiger partial charge in [0.25, 0.3) is 5.91 Å². The monoisotopic (exact) mass is 439 g/mol. The molecule has 1 unspecified atom stereocenters. The highest BCUT2D eigenvalue weighted by atomic mass is 19.2. The lowest BCUT2D eigenvalue weighted by Gasteiger charge is -2.42. The predicted octanol–water partition coefficient (Wildman–Crippen LogP) is 4.20. The second kappa shape index (κ2) is 8.78. The number of likely N-dealkylation sites (tertiary alicyclic amines) is 1. The summed E-state index contributed by atoms with van der Waals surface area (Å²) in [7, 11) is 0. The second-order valence-corrected chi connectivity index (χ2v) is 8.67. The summed E-state index contributed by atoms with van der Waals surface area (Å²) in [6.07, 6.45) is 5.30. The molecule has 0 aliphatic carbocycles. The van der Waals surface area contributed by atoms with E-state index in [-0.39, 0.29) is 5.91 Å². The molecule has 1 atom stereocenters. The fourth-order valence-corrected chi connectivity index (χ4v) is 4.39. The van der Waals surface area contributed by atoms with Crippen LogP contribution in [0.1, 0.15) is 54.3 Å². The molecule has 6 nitrogen and oxygen atoms in total. The van der Waals surface area contributed by atoms with Crippen molar-refractivity contribution < 1.29 is 13.6 Å². The van der Waals surface area contributed by atoms with Crippen molar-refractivity contribution in [3.05, 3.63) is 77.2 Å². The largest absolute Gasteiger partial charge is 0.343 e. The van der Waals surface area contributed by atoms with Crippen LogP contribution in [0.4, 0.5) is 8.78 Å². The summed E-state index contributed by atoms with van der Waals surface area (Å²) < 4.78 is 29.3. The maximum absolute atomic E-state index is 14.1. The van der Waals surface area contributed by atoms with Gasteiger partial charge in [-0.25, -0.2) is 18.4 Å². The molecule has 4 rings (SSSR count). The van der Waals surface area contributed by atoms with E-state index >= 15 is 0 Å². The highest BCUT2D eigenvalue weighted by Crippen LogP contribution is 2.34. The molecule has 1 N–H and O–H groups in total. The molecule has 8 heteroatoms. The molecule has 2 aromatic heterocycles. The number of nitrogens with one attached hydrogen (secondary N) is 1. The molecule has 32 heavy (non-hydrogen) atoms. The molecular weight excluding hydrogens is 412 g/mol. The van der Waals surface area contributed by atoms with Gasteiger partial charge in [0, 0.05) is 11.7 Å². The molecule has 0 saturated carbocycles. The fraction of sp³-hybridized carbons (Fsp3) is 0.375. The van der Waals surface area contributed by atoms with Crippen LogP contribution in [-0.2, 0) is 0 Å². The molecule has 0 spiro atoms. The second-order valence-electron chi connectivity index (χ2n) is 8.67. The Morgan fingerprint density at radius 1 is 1.12 bits per heavy atom. The van der Waals surface area contributed by atoms with Gasteiger partial charge in [0.05, 0.1) is 23.5 Å². The summed E-state index contributed by atoms with van der Waals surface area (Å²) >= 11 is 0. The normalized spacial score (nSPS) is 15.7. The van der Waals surface area contributed by atoms with Crippen LogP contribution in [0.15, 0.2) is 48.8 Å². The molecule has 0 radical (unpaired) electrons. The highest BCUT2D eigenvalue weighted by molar-refractivity contribution is 5.95. The van der Waals surface area contributed by atoms with Gasteiger partial charge in [-0.1, -0.05) is 12.1 Å². The van der Waals surface area contributed by atoms with Gasteiger partial charge in [-0.05, 0) is 76.5 Å². The Morgan fingerprint density at radius 2 is 1.88 bits per heavy atom. The Hall–Kier alpha value is -3.13. The lowest BCUT2D eigenvalue weighted by molar-refractivity contribution is 0.0777.